The molecule has 6 heteroatoms. The average molecular weight is 262 g/mol. The quantitative estimate of drug-likeness (QED) is 0.802. The fraction of sp³-hybridized carbons (Fsp3) is 0.615. The lowest BCUT2D eigenvalue weighted by molar-refractivity contribution is -0.126. The molecule has 2 N–H and O–H groups in total. The molecular formula is C13H18N4O2. The number of hydrogen-bond donors (Lipinski definition) is 2. The lowest BCUT2D eigenvalue weighted by atomic mass is 9.95. The molecule has 1 fully saturated rings. The number of carbonyl (C=O) groups excluding carboxylic acids is 2. The van der Waals surface area contributed by atoms with Crippen LogP contribution in [0.1, 0.15) is 41.0 Å². The summed E-state index contributed by atoms with van der Waals surface area (Å²) in [5.74, 6) is -0.0816. The summed E-state index contributed by atoms with van der Waals surface area (Å²) >= 11 is 0. The molecule has 102 valence electrons. The standard InChI is InChI=1S/C13H18N4O2/c1-17-7-8(6-11(17)18)14-13(19)12-9-4-2-3-5-10(9)15-16-12/h8H,2-7H2,1H3,(H,14,19)(H,15,16). The van der Waals surface area contributed by atoms with Crippen LogP contribution in [0.5, 0.6) is 0 Å². The molecule has 1 saturated heterocycles. The molecule has 0 radical (unpaired) electrons. The molecule has 1 unspecified atom stereocenters. The molecule has 1 aromatic heterocycles. The van der Waals surface area contributed by atoms with Gasteiger partial charge in [-0.1, -0.05) is 0 Å². The lowest BCUT2D eigenvalue weighted by Gasteiger charge is -2.13. The Balaban J connectivity index is 1.71. The first kappa shape index (κ1) is 12.2. The van der Waals surface area contributed by atoms with Gasteiger partial charge in [-0.25, -0.2) is 0 Å². The number of nitrogens with one attached hydrogen (secondary N) is 2. The van der Waals surface area contributed by atoms with Crippen molar-refractivity contribution in [1.82, 2.24) is 20.4 Å². The first-order valence-electron chi connectivity index (χ1n) is 6.76. The number of H-pyrrole nitrogens is 1. The van der Waals surface area contributed by atoms with Crippen LogP contribution in [-0.2, 0) is 17.6 Å². The Morgan fingerprint density at radius 1 is 1.42 bits per heavy atom. The zero-order valence-corrected chi connectivity index (χ0v) is 11.0. The van der Waals surface area contributed by atoms with Crippen LogP contribution in [0.4, 0.5) is 0 Å². The van der Waals surface area contributed by atoms with Gasteiger partial charge in [-0.3, -0.25) is 14.7 Å². The molecule has 2 amide bonds. The smallest absolute Gasteiger partial charge is 0.272 e. The molecule has 1 atom stereocenters. The van der Waals surface area contributed by atoms with Crippen LogP contribution in [0.2, 0.25) is 0 Å². The van der Waals surface area contributed by atoms with E-state index >= 15 is 0 Å². The Morgan fingerprint density at radius 3 is 2.95 bits per heavy atom. The van der Waals surface area contributed by atoms with Crippen molar-refractivity contribution in [2.24, 2.45) is 0 Å². The van der Waals surface area contributed by atoms with E-state index in [1.54, 1.807) is 11.9 Å². The Hall–Kier alpha value is -1.85. The van der Waals surface area contributed by atoms with E-state index in [1.165, 1.54) is 0 Å². The number of carbonyl (C=O) groups is 2. The van der Waals surface area contributed by atoms with Crippen molar-refractivity contribution in [2.45, 2.75) is 38.1 Å². The summed E-state index contributed by atoms with van der Waals surface area (Å²) < 4.78 is 0. The van der Waals surface area contributed by atoms with Crippen molar-refractivity contribution in [1.29, 1.82) is 0 Å². The van der Waals surface area contributed by atoms with E-state index in [0.29, 0.717) is 18.7 Å². The Labute approximate surface area is 111 Å². The number of aromatic nitrogens is 2. The van der Waals surface area contributed by atoms with Gasteiger partial charge in [0.15, 0.2) is 5.69 Å². The van der Waals surface area contributed by atoms with E-state index in [2.05, 4.69) is 15.5 Å². The highest BCUT2D eigenvalue weighted by Gasteiger charge is 2.30. The Kier molecular flexibility index (Phi) is 3.00. The summed E-state index contributed by atoms with van der Waals surface area (Å²) in [5, 5.41) is 10.0. The van der Waals surface area contributed by atoms with Crippen molar-refractivity contribution in [2.75, 3.05) is 13.6 Å². The highest BCUT2D eigenvalue weighted by Crippen LogP contribution is 2.22. The molecule has 1 aromatic rings. The highest BCUT2D eigenvalue weighted by molar-refractivity contribution is 5.95. The molecular weight excluding hydrogens is 244 g/mol. The van der Waals surface area contributed by atoms with E-state index in [-0.39, 0.29) is 17.9 Å². The number of hydrogen-bond acceptors (Lipinski definition) is 3. The van der Waals surface area contributed by atoms with Crippen LogP contribution in [0.3, 0.4) is 0 Å². The summed E-state index contributed by atoms with van der Waals surface area (Å²) in [6.45, 7) is 0.581. The molecule has 6 nitrogen and oxygen atoms in total. The van der Waals surface area contributed by atoms with Crippen LogP contribution < -0.4 is 5.32 Å². The minimum absolute atomic E-state index is 0.0781. The number of amides is 2. The predicted octanol–water partition coefficient (Wildman–Crippen LogP) is 0.249. The van der Waals surface area contributed by atoms with E-state index in [0.717, 1.165) is 36.9 Å². The van der Waals surface area contributed by atoms with Gasteiger partial charge in [0.05, 0.1) is 6.04 Å². The molecule has 0 saturated carbocycles. The number of aryl methyl sites for hydroxylation is 1. The normalized spacial score (nSPS) is 22.5. The Bertz CT molecular complexity index is 523. The number of fused-ring (bicyclic) bond motifs is 1. The number of aromatic amines is 1. The summed E-state index contributed by atoms with van der Waals surface area (Å²) in [6.07, 6.45) is 4.53. The van der Waals surface area contributed by atoms with Gasteiger partial charge in [0, 0.05) is 31.3 Å². The molecule has 0 aromatic carbocycles. The van der Waals surface area contributed by atoms with Crippen LogP contribution in [-0.4, -0.2) is 46.5 Å². The fourth-order valence-electron chi connectivity index (χ4n) is 2.88. The van der Waals surface area contributed by atoms with Gasteiger partial charge in [0.1, 0.15) is 0 Å². The van der Waals surface area contributed by atoms with Gasteiger partial charge >= 0.3 is 0 Å². The third kappa shape index (κ3) is 2.22. The molecule has 0 spiro atoms. The van der Waals surface area contributed by atoms with Gasteiger partial charge in [0.2, 0.25) is 5.91 Å². The second-order valence-electron chi connectivity index (χ2n) is 5.39. The van der Waals surface area contributed by atoms with Crippen molar-refractivity contribution >= 4 is 11.8 Å². The van der Waals surface area contributed by atoms with Crippen molar-refractivity contribution in [3.8, 4) is 0 Å². The number of nitrogens with zero attached hydrogens (tertiary/aromatic N) is 2. The van der Waals surface area contributed by atoms with Crippen molar-refractivity contribution in [3.63, 3.8) is 0 Å². The highest BCUT2D eigenvalue weighted by atomic mass is 16.2. The van der Waals surface area contributed by atoms with Gasteiger partial charge in [-0.2, -0.15) is 5.10 Å². The second-order valence-corrected chi connectivity index (χ2v) is 5.39. The topological polar surface area (TPSA) is 78.1 Å². The zero-order valence-electron chi connectivity index (χ0n) is 11.0. The molecule has 3 rings (SSSR count). The zero-order chi connectivity index (χ0) is 13.4. The molecule has 1 aliphatic heterocycles. The van der Waals surface area contributed by atoms with Gasteiger partial charge in [-0.15, -0.1) is 0 Å². The van der Waals surface area contributed by atoms with E-state index in [4.69, 9.17) is 0 Å². The average Bonchev–Trinajstić information content (AvgIpc) is 2.94. The summed E-state index contributed by atoms with van der Waals surface area (Å²) in [6, 6.07) is -0.0964. The van der Waals surface area contributed by atoms with Crippen LogP contribution in [0, 0.1) is 0 Å². The lowest BCUT2D eigenvalue weighted by Crippen LogP contribution is -2.37. The van der Waals surface area contributed by atoms with Crippen LogP contribution in [0.25, 0.3) is 0 Å². The minimum atomic E-state index is -0.160. The number of rotatable bonds is 2. The van der Waals surface area contributed by atoms with E-state index in [1.807, 2.05) is 0 Å². The Morgan fingerprint density at radius 2 is 2.21 bits per heavy atom. The summed E-state index contributed by atoms with van der Waals surface area (Å²) in [5.41, 5.74) is 2.66. The fourth-order valence-corrected chi connectivity index (χ4v) is 2.88. The number of likely N-dealkylation sites (tertiary alicyclic amines) is 1. The summed E-state index contributed by atoms with van der Waals surface area (Å²) in [4.78, 5) is 25.3. The third-order valence-corrected chi connectivity index (χ3v) is 3.95. The summed E-state index contributed by atoms with van der Waals surface area (Å²) in [7, 11) is 1.75. The maximum atomic E-state index is 12.2. The van der Waals surface area contributed by atoms with Crippen LogP contribution >= 0.6 is 0 Å². The van der Waals surface area contributed by atoms with Crippen molar-refractivity contribution < 1.29 is 9.59 Å². The minimum Gasteiger partial charge on any atom is -0.346 e. The first-order chi connectivity index (χ1) is 9.15. The molecule has 1 aliphatic carbocycles. The van der Waals surface area contributed by atoms with Gasteiger partial charge in [-0.05, 0) is 25.7 Å². The molecule has 19 heavy (non-hydrogen) atoms. The molecule has 0 bridgehead atoms. The monoisotopic (exact) mass is 262 g/mol. The van der Waals surface area contributed by atoms with Crippen molar-refractivity contribution in [3.05, 3.63) is 17.0 Å². The maximum Gasteiger partial charge on any atom is 0.272 e. The number of likely N-dealkylation sites (N-methyl/N-ethyl adjacent to an activating group) is 1. The largest absolute Gasteiger partial charge is 0.346 e. The van der Waals surface area contributed by atoms with E-state index in [9.17, 15) is 9.59 Å². The molecule has 2 aliphatic rings. The second kappa shape index (κ2) is 4.68. The van der Waals surface area contributed by atoms with Gasteiger partial charge in [0.25, 0.3) is 5.91 Å². The predicted molar refractivity (Wildman–Crippen MR) is 68.7 cm³/mol. The maximum absolute atomic E-state index is 12.2. The van der Waals surface area contributed by atoms with Crippen LogP contribution in [0.15, 0.2) is 0 Å². The SMILES string of the molecule is CN1CC(NC(=O)c2n[nH]c3c2CCCC3)CC1=O. The van der Waals surface area contributed by atoms with E-state index < -0.39 is 0 Å². The third-order valence-electron chi connectivity index (χ3n) is 3.95. The van der Waals surface area contributed by atoms with Gasteiger partial charge < -0.3 is 10.2 Å². The first-order valence-corrected chi connectivity index (χ1v) is 6.76. The molecule has 2 heterocycles.